The molecule has 104 valence electrons. The normalized spacial score (nSPS) is 11.8. The molecule has 2 heterocycles. The number of aromatic nitrogens is 3. The number of hydrogen-bond acceptors (Lipinski definition) is 8. The summed E-state index contributed by atoms with van der Waals surface area (Å²) < 4.78 is 27.3. The highest BCUT2D eigenvalue weighted by atomic mass is 32.2. The van der Waals surface area contributed by atoms with Crippen molar-refractivity contribution in [3.8, 4) is 0 Å². The molecule has 0 radical (unpaired) electrons. The number of nitrogens with two attached hydrogens (primary N) is 1. The van der Waals surface area contributed by atoms with Crippen molar-refractivity contribution in [1.29, 1.82) is 0 Å². The minimum Gasteiger partial charge on any atom is -0.374 e. The highest BCUT2D eigenvalue weighted by Crippen LogP contribution is 2.29. The molecule has 0 atom stereocenters. The van der Waals surface area contributed by atoms with Crippen molar-refractivity contribution in [2.75, 3.05) is 10.5 Å². The molecular formula is C10H9N5O2S3. The summed E-state index contributed by atoms with van der Waals surface area (Å²) in [6, 6.07) is 5.72. The molecule has 3 N–H and O–H groups in total. The van der Waals surface area contributed by atoms with Crippen LogP contribution in [0, 0.1) is 6.92 Å². The van der Waals surface area contributed by atoms with E-state index in [1.54, 1.807) is 0 Å². The van der Waals surface area contributed by atoms with Crippen molar-refractivity contribution in [3.63, 3.8) is 0 Å². The molecule has 0 bridgehead atoms. The summed E-state index contributed by atoms with van der Waals surface area (Å²) in [5.74, 6) is 0. The summed E-state index contributed by atoms with van der Waals surface area (Å²) in [6.07, 6.45) is 0. The van der Waals surface area contributed by atoms with Gasteiger partial charge in [0.25, 0.3) is 14.4 Å². The van der Waals surface area contributed by atoms with Gasteiger partial charge in [0, 0.05) is 0 Å². The van der Waals surface area contributed by atoms with Gasteiger partial charge in [0.05, 0.1) is 10.2 Å². The first-order valence-electron chi connectivity index (χ1n) is 5.43. The van der Waals surface area contributed by atoms with Crippen molar-refractivity contribution in [2.45, 2.75) is 11.3 Å². The maximum atomic E-state index is 12.1. The van der Waals surface area contributed by atoms with Gasteiger partial charge in [0.1, 0.15) is 0 Å². The van der Waals surface area contributed by atoms with E-state index < -0.39 is 10.0 Å². The smallest absolute Gasteiger partial charge is 0.293 e. The highest BCUT2D eigenvalue weighted by molar-refractivity contribution is 7.94. The largest absolute Gasteiger partial charge is 0.374 e. The van der Waals surface area contributed by atoms with Gasteiger partial charge in [0.15, 0.2) is 5.13 Å². The summed E-state index contributed by atoms with van der Waals surface area (Å²) in [6.45, 7) is 1.97. The Morgan fingerprint density at radius 3 is 2.75 bits per heavy atom. The van der Waals surface area contributed by atoms with Crippen molar-refractivity contribution in [1.82, 2.24) is 15.2 Å². The van der Waals surface area contributed by atoms with Gasteiger partial charge in [-0.25, -0.2) is 4.98 Å². The second-order valence-corrected chi connectivity index (χ2v) is 7.90. The van der Waals surface area contributed by atoms with Gasteiger partial charge < -0.3 is 5.73 Å². The molecule has 2 aromatic heterocycles. The average molecular weight is 327 g/mol. The predicted octanol–water partition coefficient (Wildman–Crippen LogP) is 1.84. The van der Waals surface area contributed by atoms with E-state index in [1.807, 2.05) is 25.1 Å². The molecular weight excluding hydrogens is 318 g/mol. The fraction of sp³-hybridized carbons (Fsp3) is 0.100. The number of thiazole rings is 1. The molecule has 0 spiro atoms. The van der Waals surface area contributed by atoms with E-state index in [1.165, 1.54) is 11.3 Å². The van der Waals surface area contributed by atoms with Crippen molar-refractivity contribution in [3.05, 3.63) is 23.8 Å². The van der Waals surface area contributed by atoms with Crippen molar-refractivity contribution >= 4 is 53.2 Å². The average Bonchev–Trinajstić information content (AvgIpc) is 2.94. The quantitative estimate of drug-likeness (QED) is 0.759. The molecule has 0 amide bonds. The van der Waals surface area contributed by atoms with Crippen molar-refractivity contribution < 1.29 is 8.42 Å². The Morgan fingerprint density at radius 2 is 2.05 bits per heavy atom. The topological polar surface area (TPSA) is 111 Å². The monoisotopic (exact) mass is 327 g/mol. The van der Waals surface area contributed by atoms with E-state index >= 15 is 0 Å². The Kier molecular flexibility index (Phi) is 3.07. The van der Waals surface area contributed by atoms with Crippen LogP contribution in [0.5, 0.6) is 0 Å². The molecule has 0 unspecified atom stereocenters. The first-order chi connectivity index (χ1) is 9.44. The molecule has 0 saturated carbocycles. The summed E-state index contributed by atoms with van der Waals surface area (Å²) in [7, 11) is -3.79. The lowest BCUT2D eigenvalue weighted by Gasteiger charge is -1.99. The number of nitrogen functional groups attached to an aromatic ring is 1. The molecule has 0 fully saturated rings. The zero-order chi connectivity index (χ0) is 14.3. The molecule has 0 aliphatic carbocycles. The minimum absolute atomic E-state index is 0.102. The van der Waals surface area contributed by atoms with E-state index in [-0.39, 0.29) is 9.47 Å². The Morgan fingerprint density at radius 1 is 1.25 bits per heavy atom. The molecule has 1 aromatic carbocycles. The number of fused-ring (bicyclic) bond motifs is 1. The lowest BCUT2D eigenvalue weighted by Crippen LogP contribution is -2.12. The zero-order valence-corrected chi connectivity index (χ0v) is 12.6. The lowest BCUT2D eigenvalue weighted by molar-refractivity contribution is 0.599. The standard InChI is InChI=1S/C10H9N5O2S3/c1-5-2-3-6-7(4-5)18-9(12-6)15-20(16,17)10-14-13-8(11)19-10/h2-4H,1H3,(H2,11,13)(H,12,15). The maximum Gasteiger partial charge on any atom is 0.293 e. The SMILES string of the molecule is Cc1ccc2nc(NS(=O)(=O)c3nnc(N)s3)sc2c1. The van der Waals surface area contributed by atoms with E-state index in [0.29, 0.717) is 5.13 Å². The van der Waals surface area contributed by atoms with Crippen LogP contribution in [0.4, 0.5) is 10.3 Å². The fourth-order valence-corrected chi connectivity index (χ4v) is 4.55. The van der Waals surface area contributed by atoms with Gasteiger partial charge in [0.2, 0.25) is 5.13 Å². The second-order valence-electron chi connectivity index (χ2n) is 4.00. The van der Waals surface area contributed by atoms with E-state index in [2.05, 4.69) is 19.9 Å². The van der Waals surface area contributed by atoms with Gasteiger partial charge in [-0.05, 0) is 24.6 Å². The van der Waals surface area contributed by atoms with Crippen LogP contribution in [-0.2, 0) is 10.0 Å². The Labute approximate surface area is 122 Å². The number of aryl methyl sites for hydroxylation is 1. The molecule has 0 aliphatic rings. The lowest BCUT2D eigenvalue weighted by atomic mass is 10.2. The van der Waals surface area contributed by atoms with E-state index in [0.717, 1.165) is 27.1 Å². The molecule has 20 heavy (non-hydrogen) atoms. The zero-order valence-electron chi connectivity index (χ0n) is 10.2. The molecule has 3 rings (SSSR count). The van der Waals surface area contributed by atoms with Gasteiger partial charge in [-0.1, -0.05) is 28.7 Å². The molecule has 0 saturated heterocycles. The van der Waals surface area contributed by atoms with Crippen LogP contribution in [0.15, 0.2) is 22.5 Å². The molecule has 3 aromatic rings. The van der Waals surface area contributed by atoms with Crippen LogP contribution in [0.25, 0.3) is 10.2 Å². The van der Waals surface area contributed by atoms with Crippen LogP contribution in [0.1, 0.15) is 5.56 Å². The van der Waals surface area contributed by atoms with Gasteiger partial charge in [-0.2, -0.15) is 8.42 Å². The number of benzene rings is 1. The maximum absolute atomic E-state index is 12.1. The van der Waals surface area contributed by atoms with Gasteiger partial charge in [-0.15, -0.1) is 10.2 Å². The Hall–Kier alpha value is -1.78. The number of hydrogen-bond donors (Lipinski definition) is 2. The first kappa shape index (κ1) is 13.2. The fourth-order valence-electron chi connectivity index (χ4n) is 1.56. The summed E-state index contributed by atoms with van der Waals surface area (Å²) in [5.41, 5.74) is 7.22. The number of nitrogens with zero attached hydrogens (tertiary/aromatic N) is 3. The molecule has 10 heteroatoms. The Bertz CT molecular complexity index is 883. The van der Waals surface area contributed by atoms with Crippen LogP contribution in [0.3, 0.4) is 0 Å². The number of anilines is 2. The summed E-state index contributed by atoms with van der Waals surface area (Å²) in [4.78, 5) is 4.22. The highest BCUT2D eigenvalue weighted by Gasteiger charge is 2.21. The second kappa shape index (κ2) is 4.65. The molecule has 7 nitrogen and oxygen atoms in total. The van der Waals surface area contributed by atoms with Crippen LogP contribution in [-0.4, -0.2) is 23.6 Å². The summed E-state index contributed by atoms with van der Waals surface area (Å²) >= 11 is 2.07. The third-order valence-corrected chi connectivity index (χ3v) is 5.94. The number of sulfonamides is 1. The van der Waals surface area contributed by atoms with E-state index in [4.69, 9.17) is 5.73 Å². The third kappa shape index (κ3) is 2.44. The van der Waals surface area contributed by atoms with Gasteiger partial charge >= 0.3 is 0 Å². The van der Waals surface area contributed by atoms with Gasteiger partial charge in [-0.3, -0.25) is 4.72 Å². The van der Waals surface area contributed by atoms with Crippen LogP contribution < -0.4 is 10.5 Å². The predicted molar refractivity (Wildman–Crippen MR) is 79.5 cm³/mol. The van der Waals surface area contributed by atoms with E-state index in [9.17, 15) is 8.42 Å². The third-order valence-electron chi connectivity index (χ3n) is 2.42. The first-order valence-corrected chi connectivity index (χ1v) is 8.55. The van der Waals surface area contributed by atoms with Crippen LogP contribution in [0.2, 0.25) is 0 Å². The minimum atomic E-state index is -3.79. The molecule has 0 aliphatic heterocycles. The number of nitrogens with one attached hydrogen (secondary N) is 1. The Balaban J connectivity index is 1.96. The summed E-state index contributed by atoms with van der Waals surface area (Å²) in [5, 5.41) is 7.40. The number of rotatable bonds is 3. The van der Waals surface area contributed by atoms with Crippen LogP contribution >= 0.6 is 22.7 Å². The van der Waals surface area contributed by atoms with Crippen molar-refractivity contribution in [2.24, 2.45) is 0 Å².